The minimum absolute atomic E-state index is 0.00907. The normalized spacial score (nSPS) is 17.6. The van der Waals surface area contributed by atoms with E-state index in [4.69, 9.17) is 16.3 Å². The van der Waals surface area contributed by atoms with E-state index >= 15 is 0 Å². The summed E-state index contributed by atoms with van der Waals surface area (Å²) in [5.74, 6) is -0.820. The van der Waals surface area contributed by atoms with Crippen molar-refractivity contribution in [2.75, 3.05) is 11.5 Å². The lowest BCUT2D eigenvalue weighted by atomic mass is 9.95. The molecule has 1 aliphatic rings. The van der Waals surface area contributed by atoms with Crippen molar-refractivity contribution in [2.45, 2.75) is 19.4 Å². The second kappa shape index (κ2) is 9.24. The summed E-state index contributed by atoms with van der Waals surface area (Å²) in [4.78, 5) is 31.6. The molecule has 162 valence electrons. The van der Waals surface area contributed by atoms with Gasteiger partial charge in [-0.15, -0.1) is 0 Å². The van der Waals surface area contributed by atoms with Crippen molar-refractivity contribution < 1.29 is 19.4 Å². The largest absolute Gasteiger partial charge is 0.507 e. The molecule has 1 aliphatic heterocycles. The maximum Gasteiger partial charge on any atom is 0.301 e. The summed E-state index contributed by atoms with van der Waals surface area (Å²) in [7, 11) is 0. The third-order valence-electron chi connectivity index (χ3n) is 5.13. The van der Waals surface area contributed by atoms with Gasteiger partial charge in [-0.2, -0.15) is 0 Å². The number of aliphatic hydroxyl groups is 1. The van der Waals surface area contributed by atoms with E-state index in [1.165, 1.54) is 4.90 Å². The van der Waals surface area contributed by atoms with Crippen molar-refractivity contribution in [3.63, 3.8) is 0 Å². The first kappa shape index (κ1) is 21.6. The van der Waals surface area contributed by atoms with Crippen molar-refractivity contribution in [1.82, 2.24) is 4.98 Å². The molecule has 2 heterocycles. The van der Waals surface area contributed by atoms with Crippen molar-refractivity contribution >= 4 is 34.9 Å². The van der Waals surface area contributed by atoms with Gasteiger partial charge in [-0.1, -0.05) is 36.7 Å². The molecule has 1 amide bonds. The summed E-state index contributed by atoms with van der Waals surface area (Å²) in [6.45, 7) is 2.59. The van der Waals surface area contributed by atoms with Crippen LogP contribution in [0.1, 0.15) is 30.5 Å². The fourth-order valence-electron chi connectivity index (χ4n) is 3.61. The van der Waals surface area contributed by atoms with E-state index in [9.17, 15) is 14.7 Å². The number of benzene rings is 2. The number of rotatable bonds is 6. The molecular formula is C25H21ClN2O4. The lowest BCUT2D eigenvalue weighted by Gasteiger charge is -2.24. The predicted octanol–water partition coefficient (Wildman–Crippen LogP) is 5.15. The molecule has 0 saturated carbocycles. The summed E-state index contributed by atoms with van der Waals surface area (Å²) in [6.07, 6.45) is 2.42. The molecule has 7 heteroatoms. The number of amides is 1. The topological polar surface area (TPSA) is 79.7 Å². The Balaban J connectivity index is 1.83. The number of aromatic nitrogens is 1. The molecule has 0 bridgehead atoms. The van der Waals surface area contributed by atoms with E-state index in [2.05, 4.69) is 4.98 Å². The molecule has 4 rings (SSSR count). The second-order valence-electron chi connectivity index (χ2n) is 7.28. The van der Waals surface area contributed by atoms with Crippen molar-refractivity contribution in [1.29, 1.82) is 0 Å². The van der Waals surface area contributed by atoms with Crippen LogP contribution in [0.5, 0.6) is 5.75 Å². The Morgan fingerprint density at radius 3 is 2.41 bits per heavy atom. The zero-order chi connectivity index (χ0) is 22.7. The molecule has 32 heavy (non-hydrogen) atoms. The number of ketones is 1. The van der Waals surface area contributed by atoms with E-state index in [1.807, 2.05) is 6.92 Å². The highest BCUT2D eigenvalue weighted by Gasteiger charge is 2.47. The molecule has 0 radical (unpaired) electrons. The molecule has 1 N–H and O–H groups in total. The summed E-state index contributed by atoms with van der Waals surface area (Å²) in [5.41, 5.74) is 1.03. The number of aliphatic hydroxyl groups excluding tert-OH is 1. The zero-order valence-electron chi connectivity index (χ0n) is 17.4. The average molecular weight is 449 g/mol. The van der Waals surface area contributed by atoms with Crippen LogP contribution < -0.4 is 9.64 Å². The van der Waals surface area contributed by atoms with Crippen LogP contribution in [0.2, 0.25) is 5.02 Å². The maximum atomic E-state index is 13.1. The van der Waals surface area contributed by atoms with Gasteiger partial charge in [0.1, 0.15) is 17.3 Å². The first-order valence-electron chi connectivity index (χ1n) is 10.2. The Morgan fingerprint density at radius 2 is 1.78 bits per heavy atom. The molecule has 1 fully saturated rings. The van der Waals surface area contributed by atoms with Gasteiger partial charge < -0.3 is 9.84 Å². The lowest BCUT2D eigenvalue weighted by molar-refractivity contribution is -0.132. The Labute approximate surface area is 190 Å². The number of anilines is 1. The standard InChI is InChI=1S/C25H21ClN2O4/c1-2-15-32-19-12-8-17(9-13-19)23(29)21-22(16-6-10-18(26)11-7-16)28(25(31)24(21)30)20-5-3-4-14-27-20/h3-14,22,29H,2,15H2,1H3/b23-21+/t22-/m1/s1. The number of Topliss-reactive ketones (excluding diaryl/α,β-unsaturated/α-hetero) is 1. The Bertz CT molecular complexity index is 1160. The van der Waals surface area contributed by atoms with Crippen LogP contribution >= 0.6 is 11.6 Å². The molecule has 0 unspecified atom stereocenters. The van der Waals surface area contributed by atoms with Crippen LogP contribution in [0.3, 0.4) is 0 Å². The predicted molar refractivity (Wildman–Crippen MR) is 123 cm³/mol. The molecular weight excluding hydrogens is 428 g/mol. The Morgan fingerprint density at radius 1 is 1.06 bits per heavy atom. The summed E-state index contributed by atoms with van der Waals surface area (Å²) >= 11 is 6.04. The number of nitrogens with zero attached hydrogens (tertiary/aromatic N) is 2. The van der Waals surface area contributed by atoms with Gasteiger partial charge in [-0.3, -0.25) is 14.5 Å². The van der Waals surface area contributed by atoms with Gasteiger partial charge in [0, 0.05) is 16.8 Å². The molecule has 2 aromatic carbocycles. The van der Waals surface area contributed by atoms with Crippen LogP contribution in [0.25, 0.3) is 5.76 Å². The third-order valence-corrected chi connectivity index (χ3v) is 5.38. The quantitative estimate of drug-likeness (QED) is 0.320. The maximum absolute atomic E-state index is 13.1. The van der Waals surface area contributed by atoms with Gasteiger partial charge in [0.2, 0.25) is 0 Å². The lowest BCUT2D eigenvalue weighted by Crippen LogP contribution is -2.30. The van der Waals surface area contributed by atoms with Crippen LogP contribution in [0.4, 0.5) is 5.82 Å². The minimum atomic E-state index is -0.849. The molecule has 0 spiro atoms. The number of halogens is 1. The van der Waals surface area contributed by atoms with Crippen molar-refractivity contribution in [3.05, 3.63) is 94.6 Å². The Hall–Kier alpha value is -3.64. The van der Waals surface area contributed by atoms with Crippen LogP contribution in [0.15, 0.2) is 78.5 Å². The smallest absolute Gasteiger partial charge is 0.301 e. The minimum Gasteiger partial charge on any atom is -0.507 e. The first-order valence-corrected chi connectivity index (χ1v) is 10.6. The number of pyridine rings is 1. The Kier molecular flexibility index (Phi) is 6.23. The van der Waals surface area contributed by atoms with E-state index in [1.54, 1.807) is 72.9 Å². The third kappa shape index (κ3) is 4.09. The summed E-state index contributed by atoms with van der Waals surface area (Å²) < 4.78 is 5.58. The number of ether oxygens (including phenoxy) is 1. The highest BCUT2D eigenvalue weighted by Crippen LogP contribution is 2.41. The van der Waals surface area contributed by atoms with Gasteiger partial charge in [0.05, 0.1) is 18.2 Å². The van der Waals surface area contributed by atoms with Gasteiger partial charge in [-0.25, -0.2) is 4.98 Å². The van der Waals surface area contributed by atoms with Crippen LogP contribution in [-0.2, 0) is 9.59 Å². The van der Waals surface area contributed by atoms with Gasteiger partial charge in [0.25, 0.3) is 5.78 Å². The molecule has 1 atom stereocenters. The zero-order valence-corrected chi connectivity index (χ0v) is 18.1. The van der Waals surface area contributed by atoms with E-state index in [-0.39, 0.29) is 11.3 Å². The number of carbonyl (C=O) groups is 2. The van der Waals surface area contributed by atoms with Gasteiger partial charge in [0.15, 0.2) is 0 Å². The average Bonchev–Trinajstić information content (AvgIpc) is 3.09. The van der Waals surface area contributed by atoms with Gasteiger partial charge >= 0.3 is 5.91 Å². The van der Waals surface area contributed by atoms with Crippen LogP contribution in [-0.4, -0.2) is 28.4 Å². The first-order chi connectivity index (χ1) is 15.5. The monoisotopic (exact) mass is 448 g/mol. The van der Waals surface area contributed by atoms with Crippen molar-refractivity contribution in [2.24, 2.45) is 0 Å². The molecule has 3 aromatic rings. The fraction of sp³-hybridized carbons (Fsp3) is 0.160. The molecule has 0 aliphatic carbocycles. The highest BCUT2D eigenvalue weighted by molar-refractivity contribution is 6.51. The van der Waals surface area contributed by atoms with E-state index < -0.39 is 17.7 Å². The highest BCUT2D eigenvalue weighted by atomic mass is 35.5. The number of hydrogen-bond acceptors (Lipinski definition) is 5. The SMILES string of the molecule is CCCOc1ccc(/C(O)=C2\C(=O)C(=O)N(c3ccccn3)[C@@H]2c2ccc(Cl)cc2)cc1. The van der Waals surface area contributed by atoms with Crippen LogP contribution in [0, 0.1) is 0 Å². The van der Waals surface area contributed by atoms with Crippen molar-refractivity contribution in [3.8, 4) is 5.75 Å². The molecule has 6 nitrogen and oxygen atoms in total. The van der Waals surface area contributed by atoms with Gasteiger partial charge in [-0.05, 0) is 60.5 Å². The summed E-state index contributed by atoms with van der Waals surface area (Å²) in [6, 6.07) is 17.8. The fourth-order valence-corrected chi connectivity index (χ4v) is 3.74. The number of carbonyl (C=O) groups excluding carboxylic acids is 2. The van der Waals surface area contributed by atoms with E-state index in [0.29, 0.717) is 34.3 Å². The van der Waals surface area contributed by atoms with E-state index in [0.717, 1.165) is 6.42 Å². The number of hydrogen-bond donors (Lipinski definition) is 1. The second-order valence-corrected chi connectivity index (χ2v) is 7.72. The molecule has 1 aromatic heterocycles. The summed E-state index contributed by atoms with van der Waals surface area (Å²) in [5, 5.41) is 11.6. The molecule has 1 saturated heterocycles.